The molecule has 2 aromatic rings. The van der Waals surface area contributed by atoms with Crippen LogP contribution in [0, 0.1) is 17.3 Å². The van der Waals surface area contributed by atoms with E-state index in [0.717, 1.165) is 11.1 Å². The molecule has 0 radical (unpaired) electrons. The van der Waals surface area contributed by atoms with Crippen molar-refractivity contribution >= 4 is 11.9 Å². The van der Waals surface area contributed by atoms with Gasteiger partial charge in [-0.3, -0.25) is 9.59 Å². The van der Waals surface area contributed by atoms with E-state index < -0.39 is 17.4 Å². The molecule has 6 nitrogen and oxygen atoms in total. The minimum Gasteiger partial charge on any atom is -0.495 e. The van der Waals surface area contributed by atoms with Crippen LogP contribution in [0.15, 0.2) is 48.5 Å². The molecular formula is C25H26O6. The summed E-state index contributed by atoms with van der Waals surface area (Å²) in [7, 11) is 1.60. The summed E-state index contributed by atoms with van der Waals surface area (Å²) in [6, 6.07) is 14.8. The van der Waals surface area contributed by atoms with Gasteiger partial charge in [-0.15, -0.1) is 0 Å². The van der Waals surface area contributed by atoms with Gasteiger partial charge in [0.15, 0.2) is 5.41 Å². The summed E-state index contributed by atoms with van der Waals surface area (Å²) in [6.07, 6.45) is 0.331. The molecule has 0 amide bonds. The number of ether oxygens (including phenoxy) is 4. The molecule has 1 saturated carbocycles. The van der Waals surface area contributed by atoms with Crippen molar-refractivity contribution < 1.29 is 28.5 Å². The fraction of sp³-hybridized carbons (Fsp3) is 0.360. The second kappa shape index (κ2) is 10.0. The maximum atomic E-state index is 12.6. The van der Waals surface area contributed by atoms with Crippen molar-refractivity contribution in [1.29, 1.82) is 0 Å². The lowest BCUT2D eigenvalue weighted by Crippen LogP contribution is -2.31. The average molecular weight is 422 g/mol. The van der Waals surface area contributed by atoms with Crippen molar-refractivity contribution in [1.82, 2.24) is 0 Å². The Labute approximate surface area is 182 Å². The molecule has 1 atom stereocenters. The van der Waals surface area contributed by atoms with E-state index in [-0.39, 0.29) is 25.7 Å². The third-order valence-corrected chi connectivity index (χ3v) is 5.16. The van der Waals surface area contributed by atoms with Crippen LogP contribution in [-0.2, 0) is 19.1 Å². The Morgan fingerprint density at radius 3 is 2.23 bits per heavy atom. The molecule has 6 heteroatoms. The van der Waals surface area contributed by atoms with Gasteiger partial charge in [0.1, 0.15) is 18.1 Å². The molecule has 0 aromatic heterocycles. The van der Waals surface area contributed by atoms with Gasteiger partial charge in [-0.2, -0.15) is 0 Å². The molecule has 31 heavy (non-hydrogen) atoms. The fourth-order valence-electron chi connectivity index (χ4n) is 3.59. The quantitative estimate of drug-likeness (QED) is 0.367. The van der Waals surface area contributed by atoms with Crippen LogP contribution in [0.3, 0.4) is 0 Å². The molecule has 1 aliphatic carbocycles. The van der Waals surface area contributed by atoms with Crippen molar-refractivity contribution in [3.05, 3.63) is 59.7 Å². The van der Waals surface area contributed by atoms with E-state index >= 15 is 0 Å². The summed E-state index contributed by atoms with van der Waals surface area (Å²) >= 11 is 0. The van der Waals surface area contributed by atoms with Crippen LogP contribution in [0.25, 0.3) is 0 Å². The zero-order valence-electron chi connectivity index (χ0n) is 18.0. The van der Waals surface area contributed by atoms with Crippen molar-refractivity contribution in [2.24, 2.45) is 5.41 Å². The summed E-state index contributed by atoms with van der Waals surface area (Å²) in [5.74, 6) is 5.84. The monoisotopic (exact) mass is 422 g/mol. The topological polar surface area (TPSA) is 71.1 Å². The number of carbonyl (C=O) groups is 2. The Kier molecular flexibility index (Phi) is 7.19. The van der Waals surface area contributed by atoms with Gasteiger partial charge >= 0.3 is 11.9 Å². The van der Waals surface area contributed by atoms with E-state index in [0.29, 0.717) is 17.9 Å². The first-order chi connectivity index (χ1) is 15.1. The number of benzene rings is 2. The van der Waals surface area contributed by atoms with Crippen molar-refractivity contribution in [3.63, 3.8) is 0 Å². The molecule has 0 aliphatic heterocycles. The van der Waals surface area contributed by atoms with Gasteiger partial charge in [0.2, 0.25) is 0 Å². The summed E-state index contributed by atoms with van der Waals surface area (Å²) in [4.78, 5) is 25.2. The summed E-state index contributed by atoms with van der Waals surface area (Å²) < 4.78 is 21.5. The molecule has 0 N–H and O–H groups in total. The van der Waals surface area contributed by atoms with Crippen LogP contribution >= 0.6 is 0 Å². The highest BCUT2D eigenvalue weighted by Crippen LogP contribution is 2.62. The molecule has 0 heterocycles. The standard InChI is InChI=1S/C25H26O6/c1-4-29-23(26)25(24(27)30-5-2)17-20(25)19-13-7-9-15-22(19)31-16-10-12-18-11-6-8-14-21(18)28-3/h6-9,11,13-15,20H,4-5,16-17H2,1-3H3. The third kappa shape index (κ3) is 4.66. The second-order valence-electron chi connectivity index (χ2n) is 7.00. The molecule has 1 fully saturated rings. The van der Waals surface area contributed by atoms with E-state index in [2.05, 4.69) is 11.8 Å². The lowest BCUT2D eigenvalue weighted by molar-refractivity contribution is -0.164. The van der Waals surface area contributed by atoms with Crippen LogP contribution in [0.2, 0.25) is 0 Å². The number of hydrogen-bond donors (Lipinski definition) is 0. The van der Waals surface area contributed by atoms with Gasteiger partial charge in [-0.25, -0.2) is 0 Å². The highest BCUT2D eigenvalue weighted by Gasteiger charge is 2.69. The smallest absolute Gasteiger partial charge is 0.324 e. The molecule has 0 saturated heterocycles. The highest BCUT2D eigenvalue weighted by atomic mass is 16.6. The van der Waals surface area contributed by atoms with Crippen molar-refractivity contribution in [3.8, 4) is 23.3 Å². The predicted octanol–water partition coefficient (Wildman–Crippen LogP) is 3.73. The second-order valence-corrected chi connectivity index (χ2v) is 7.00. The maximum Gasteiger partial charge on any atom is 0.324 e. The SMILES string of the molecule is CCOC(=O)C1(C(=O)OCC)CC1c1ccccc1OCC#Cc1ccccc1OC. The van der Waals surface area contributed by atoms with Crippen LogP contribution in [0.4, 0.5) is 0 Å². The summed E-state index contributed by atoms with van der Waals surface area (Å²) in [5.41, 5.74) is 0.226. The largest absolute Gasteiger partial charge is 0.495 e. The Hall–Kier alpha value is -3.46. The van der Waals surface area contributed by atoms with Crippen LogP contribution in [0.1, 0.15) is 37.3 Å². The van der Waals surface area contributed by atoms with E-state index in [4.69, 9.17) is 18.9 Å². The molecule has 1 unspecified atom stereocenters. The first-order valence-corrected chi connectivity index (χ1v) is 10.3. The van der Waals surface area contributed by atoms with Crippen LogP contribution < -0.4 is 9.47 Å². The number of rotatable bonds is 8. The van der Waals surface area contributed by atoms with Gasteiger partial charge in [0, 0.05) is 5.92 Å². The molecule has 3 rings (SSSR count). The first-order valence-electron chi connectivity index (χ1n) is 10.3. The van der Waals surface area contributed by atoms with Gasteiger partial charge in [-0.1, -0.05) is 42.2 Å². The number of methoxy groups -OCH3 is 1. The molecule has 2 aromatic carbocycles. The van der Waals surface area contributed by atoms with Gasteiger partial charge in [0.25, 0.3) is 0 Å². The first kappa shape index (κ1) is 22.2. The van der Waals surface area contributed by atoms with E-state index in [1.165, 1.54) is 0 Å². The van der Waals surface area contributed by atoms with Crippen molar-refractivity contribution in [2.45, 2.75) is 26.2 Å². The zero-order valence-corrected chi connectivity index (χ0v) is 18.0. The fourth-order valence-corrected chi connectivity index (χ4v) is 3.59. The highest BCUT2D eigenvalue weighted by molar-refractivity contribution is 6.05. The normalized spacial score (nSPS) is 15.8. The van der Waals surface area contributed by atoms with Gasteiger partial charge < -0.3 is 18.9 Å². The van der Waals surface area contributed by atoms with E-state index in [9.17, 15) is 9.59 Å². The Bertz CT molecular complexity index is 982. The minimum absolute atomic E-state index is 0.146. The molecule has 0 spiro atoms. The molecule has 162 valence electrons. The number of carbonyl (C=O) groups excluding carboxylic acids is 2. The van der Waals surface area contributed by atoms with Gasteiger partial charge in [-0.05, 0) is 44.0 Å². The Balaban J connectivity index is 1.77. The number of esters is 2. The Morgan fingerprint density at radius 2 is 1.58 bits per heavy atom. The maximum absolute atomic E-state index is 12.6. The molecular weight excluding hydrogens is 396 g/mol. The van der Waals surface area contributed by atoms with E-state index in [1.807, 2.05) is 42.5 Å². The summed E-state index contributed by atoms with van der Waals surface area (Å²) in [5, 5.41) is 0. The number of hydrogen-bond acceptors (Lipinski definition) is 6. The molecule has 1 aliphatic rings. The zero-order chi connectivity index (χ0) is 22.3. The van der Waals surface area contributed by atoms with E-state index in [1.54, 1.807) is 27.0 Å². The predicted molar refractivity (Wildman–Crippen MR) is 115 cm³/mol. The summed E-state index contributed by atoms with van der Waals surface area (Å²) in [6.45, 7) is 3.97. The van der Waals surface area contributed by atoms with Gasteiger partial charge in [0.05, 0.1) is 25.9 Å². The lowest BCUT2D eigenvalue weighted by Gasteiger charge is -2.16. The lowest BCUT2D eigenvalue weighted by atomic mass is 9.98. The Morgan fingerprint density at radius 1 is 0.968 bits per heavy atom. The average Bonchev–Trinajstić information content (AvgIpc) is 3.54. The van der Waals surface area contributed by atoms with Crippen LogP contribution in [-0.4, -0.2) is 38.9 Å². The van der Waals surface area contributed by atoms with Crippen molar-refractivity contribution in [2.75, 3.05) is 26.9 Å². The van der Waals surface area contributed by atoms with Crippen LogP contribution in [0.5, 0.6) is 11.5 Å². The molecule has 0 bridgehead atoms. The minimum atomic E-state index is -1.31. The number of para-hydroxylation sites is 2. The third-order valence-electron chi connectivity index (χ3n) is 5.16.